The molecule has 0 aliphatic rings. The number of aliphatic carboxylic acids is 1. The number of hydrogen-bond acceptors (Lipinski definition) is 2. The Morgan fingerprint density at radius 3 is 2.88 bits per heavy atom. The van der Waals surface area contributed by atoms with Gasteiger partial charge in [0.1, 0.15) is 0 Å². The fourth-order valence-electron chi connectivity index (χ4n) is 1.51. The van der Waals surface area contributed by atoms with Gasteiger partial charge in [-0.2, -0.15) is 0 Å². The highest BCUT2D eigenvalue weighted by atomic mass is 16.4. The van der Waals surface area contributed by atoms with E-state index < -0.39 is 5.97 Å². The van der Waals surface area contributed by atoms with Crippen LogP contribution in [0.2, 0.25) is 0 Å². The maximum absolute atomic E-state index is 10.4. The molecular weight excluding hydrogens is 202 g/mol. The summed E-state index contributed by atoms with van der Waals surface area (Å²) in [6.45, 7) is 2.03. The number of benzene rings is 1. The Morgan fingerprint density at radius 2 is 2.12 bits per heavy atom. The van der Waals surface area contributed by atoms with Crippen LogP contribution in [0.3, 0.4) is 0 Å². The third-order valence-electron chi connectivity index (χ3n) is 2.26. The topological polar surface area (TPSA) is 50.2 Å². The van der Waals surface area contributed by atoms with Gasteiger partial charge < -0.3 is 5.11 Å². The molecule has 1 heterocycles. The van der Waals surface area contributed by atoms with Crippen molar-refractivity contribution >= 4 is 22.9 Å². The smallest absolute Gasteiger partial charge is 0.328 e. The summed E-state index contributed by atoms with van der Waals surface area (Å²) in [5.41, 5.74) is 2.71. The minimum atomic E-state index is -0.967. The minimum Gasteiger partial charge on any atom is -0.478 e. The van der Waals surface area contributed by atoms with E-state index in [9.17, 15) is 4.79 Å². The van der Waals surface area contributed by atoms with Crippen LogP contribution in [0.5, 0.6) is 0 Å². The third-order valence-corrected chi connectivity index (χ3v) is 2.26. The second kappa shape index (κ2) is 4.14. The highest BCUT2D eigenvalue weighted by Gasteiger charge is 1.96. The molecule has 0 aliphatic carbocycles. The van der Waals surface area contributed by atoms with E-state index in [4.69, 9.17) is 5.11 Å². The molecule has 3 nitrogen and oxygen atoms in total. The second-order valence-electron chi connectivity index (χ2n) is 3.60. The summed E-state index contributed by atoms with van der Waals surface area (Å²) in [5.74, 6) is -0.967. The molecule has 1 aromatic carbocycles. The van der Waals surface area contributed by atoms with Gasteiger partial charge in [0.05, 0.1) is 11.2 Å². The van der Waals surface area contributed by atoms with Crippen LogP contribution >= 0.6 is 0 Å². The summed E-state index contributed by atoms with van der Waals surface area (Å²) < 4.78 is 0. The van der Waals surface area contributed by atoms with Crippen molar-refractivity contribution in [1.29, 1.82) is 0 Å². The first-order valence-electron chi connectivity index (χ1n) is 4.93. The van der Waals surface area contributed by atoms with Gasteiger partial charge in [-0.15, -0.1) is 0 Å². The number of aryl methyl sites for hydroxylation is 1. The van der Waals surface area contributed by atoms with Gasteiger partial charge in [0, 0.05) is 11.5 Å². The average molecular weight is 213 g/mol. The number of pyridine rings is 1. The minimum absolute atomic E-state index is 0.652. The lowest BCUT2D eigenvalue weighted by Crippen LogP contribution is -1.88. The van der Waals surface area contributed by atoms with Crippen molar-refractivity contribution in [2.24, 2.45) is 0 Å². The van der Waals surface area contributed by atoms with Crippen LogP contribution in [0, 0.1) is 6.92 Å². The lowest BCUT2D eigenvalue weighted by molar-refractivity contribution is -0.131. The normalized spacial score (nSPS) is 11.1. The zero-order chi connectivity index (χ0) is 11.5. The zero-order valence-electron chi connectivity index (χ0n) is 8.84. The summed E-state index contributed by atoms with van der Waals surface area (Å²) in [6, 6.07) is 9.72. The summed E-state index contributed by atoms with van der Waals surface area (Å²) in [4.78, 5) is 14.7. The van der Waals surface area contributed by atoms with Gasteiger partial charge in [-0.1, -0.05) is 17.7 Å². The van der Waals surface area contributed by atoms with Crippen LogP contribution < -0.4 is 0 Å². The molecule has 2 aromatic rings. The molecule has 0 unspecified atom stereocenters. The van der Waals surface area contributed by atoms with Crippen molar-refractivity contribution in [3.05, 3.63) is 47.7 Å². The highest BCUT2D eigenvalue weighted by molar-refractivity contribution is 5.86. The van der Waals surface area contributed by atoms with E-state index in [2.05, 4.69) is 4.98 Å². The standard InChI is InChI=1S/C13H11NO2/c1-9-2-6-12-10(8-9)3-4-11(14-12)5-7-13(15)16/h2-8H,1H3,(H,15,16). The fourth-order valence-corrected chi connectivity index (χ4v) is 1.51. The Labute approximate surface area is 93.1 Å². The molecule has 1 N–H and O–H groups in total. The molecule has 0 radical (unpaired) electrons. The first kappa shape index (κ1) is 10.4. The van der Waals surface area contributed by atoms with Gasteiger partial charge >= 0.3 is 5.97 Å². The summed E-state index contributed by atoms with van der Waals surface area (Å²) >= 11 is 0. The number of fused-ring (bicyclic) bond motifs is 1. The molecule has 0 saturated heterocycles. The fraction of sp³-hybridized carbons (Fsp3) is 0.0769. The van der Waals surface area contributed by atoms with E-state index in [1.165, 1.54) is 11.6 Å². The molecule has 1 aromatic heterocycles. The molecule has 0 spiro atoms. The van der Waals surface area contributed by atoms with E-state index in [-0.39, 0.29) is 0 Å². The zero-order valence-corrected chi connectivity index (χ0v) is 8.84. The van der Waals surface area contributed by atoms with Gasteiger partial charge in [0.15, 0.2) is 0 Å². The maximum atomic E-state index is 10.4. The third kappa shape index (κ3) is 2.25. The molecule has 16 heavy (non-hydrogen) atoms. The largest absolute Gasteiger partial charge is 0.478 e. The lowest BCUT2D eigenvalue weighted by Gasteiger charge is -1.99. The van der Waals surface area contributed by atoms with E-state index in [0.29, 0.717) is 5.69 Å². The van der Waals surface area contributed by atoms with Gasteiger partial charge in [0.2, 0.25) is 0 Å². The van der Waals surface area contributed by atoms with Crippen LogP contribution in [-0.2, 0) is 4.79 Å². The lowest BCUT2D eigenvalue weighted by atomic mass is 10.1. The summed E-state index contributed by atoms with van der Waals surface area (Å²) in [6.07, 6.45) is 2.57. The molecule has 0 saturated carbocycles. The number of carboxylic acids is 1. The Bertz CT molecular complexity index is 573. The molecule has 0 atom stereocenters. The van der Waals surface area contributed by atoms with Crippen LogP contribution in [0.25, 0.3) is 17.0 Å². The molecule has 3 heteroatoms. The van der Waals surface area contributed by atoms with E-state index in [1.807, 2.05) is 31.2 Å². The molecule has 0 amide bonds. The number of rotatable bonds is 2. The summed E-state index contributed by atoms with van der Waals surface area (Å²) in [5, 5.41) is 9.57. The predicted molar refractivity (Wildman–Crippen MR) is 63.1 cm³/mol. The van der Waals surface area contributed by atoms with E-state index in [1.54, 1.807) is 6.07 Å². The number of carboxylic acid groups (broad SMARTS) is 1. The second-order valence-corrected chi connectivity index (χ2v) is 3.60. The number of aromatic nitrogens is 1. The number of carbonyl (C=O) groups is 1. The molecule has 0 fully saturated rings. The SMILES string of the molecule is Cc1ccc2nc(C=CC(=O)O)ccc2c1. The maximum Gasteiger partial charge on any atom is 0.328 e. The van der Waals surface area contributed by atoms with Crippen LogP contribution in [0.4, 0.5) is 0 Å². The first-order valence-corrected chi connectivity index (χ1v) is 4.93. The Kier molecular flexibility index (Phi) is 2.68. The number of nitrogens with zero attached hydrogens (tertiary/aromatic N) is 1. The van der Waals surface area contributed by atoms with Crippen molar-refractivity contribution in [1.82, 2.24) is 4.98 Å². The Hall–Kier alpha value is -2.16. The molecule has 80 valence electrons. The van der Waals surface area contributed by atoms with Gasteiger partial charge in [-0.3, -0.25) is 0 Å². The van der Waals surface area contributed by atoms with Gasteiger partial charge in [-0.25, -0.2) is 9.78 Å². The quantitative estimate of drug-likeness (QED) is 0.780. The van der Waals surface area contributed by atoms with Crippen LogP contribution in [-0.4, -0.2) is 16.1 Å². The first-order chi connectivity index (χ1) is 7.65. The Balaban J connectivity index is 2.44. The predicted octanol–water partition coefficient (Wildman–Crippen LogP) is 2.64. The molecule has 0 aliphatic heterocycles. The Morgan fingerprint density at radius 1 is 1.31 bits per heavy atom. The van der Waals surface area contributed by atoms with Crippen molar-refractivity contribution in [2.75, 3.05) is 0 Å². The monoisotopic (exact) mass is 213 g/mol. The highest BCUT2D eigenvalue weighted by Crippen LogP contribution is 2.14. The van der Waals surface area contributed by atoms with Crippen LogP contribution in [0.1, 0.15) is 11.3 Å². The van der Waals surface area contributed by atoms with E-state index >= 15 is 0 Å². The van der Waals surface area contributed by atoms with E-state index in [0.717, 1.165) is 17.0 Å². The molecule has 0 bridgehead atoms. The van der Waals surface area contributed by atoms with Crippen molar-refractivity contribution < 1.29 is 9.90 Å². The van der Waals surface area contributed by atoms with Gasteiger partial charge in [-0.05, 0) is 31.2 Å². The van der Waals surface area contributed by atoms with Gasteiger partial charge in [0.25, 0.3) is 0 Å². The average Bonchev–Trinajstić information content (AvgIpc) is 2.26. The number of hydrogen-bond donors (Lipinski definition) is 1. The molecular formula is C13H11NO2. The van der Waals surface area contributed by atoms with Crippen LogP contribution in [0.15, 0.2) is 36.4 Å². The van der Waals surface area contributed by atoms with Crippen molar-refractivity contribution in [3.63, 3.8) is 0 Å². The van der Waals surface area contributed by atoms with Crippen molar-refractivity contribution in [2.45, 2.75) is 6.92 Å². The summed E-state index contributed by atoms with van der Waals surface area (Å²) in [7, 11) is 0. The molecule has 2 rings (SSSR count). The van der Waals surface area contributed by atoms with Crippen molar-refractivity contribution in [3.8, 4) is 0 Å².